The summed E-state index contributed by atoms with van der Waals surface area (Å²) in [6.07, 6.45) is 2.47. The standard InChI is InChI=1S/C15H18F2N2O2S/c16-10-4-5-11(17)13(9-10)22-8-6-14(20)19-7-2-1-3-12(19)15(18)21/h4-5,9,12H,1-3,6-8H2,(H2,18,21)/t12-/m1/s1. The largest absolute Gasteiger partial charge is 0.368 e. The van der Waals surface area contributed by atoms with E-state index in [1.54, 1.807) is 0 Å². The van der Waals surface area contributed by atoms with Gasteiger partial charge in [-0.2, -0.15) is 0 Å². The van der Waals surface area contributed by atoms with E-state index in [2.05, 4.69) is 0 Å². The SMILES string of the molecule is NC(=O)[C@H]1CCCCN1C(=O)CCSc1cc(F)ccc1F. The van der Waals surface area contributed by atoms with E-state index in [0.29, 0.717) is 18.7 Å². The van der Waals surface area contributed by atoms with Crippen LogP contribution in [0.1, 0.15) is 25.7 Å². The third-order valence-corrected chi connectivity index (χ3v) is 4.65. The summed E-state index contributed by atoms with van der Waals surface area (Å²) >= 11 is 1.08. The number of hydrogen-bond acceptors (Lipinski definition) is 3. The van der Waals surface area contributed by atoms with Crippen LogP contribution in [0.4, 0.5) is 8.78 Å². The first-order chi connectivity index (χ1) is 10.5. The number of nitrogens with zero attached hydrogens (tertiary/aromatic N) is 1. The monoisotopic (exact) mass is 328 g/mol. The molecule has 4 nitrogen and oxygen atoms in total. The van der Waals surface area contributed by atoms with Gasteiger partial charge >= 0.3 is 0 Å². The third kappa shape index (κ3) is 4.19. The smallest absolute Gasteiger partial charge is 0.240 e. The molecule has 7 heteroatoms. The van der Waals surface area contributed by atoms with Crippen molar-refractivity contribution in [3.05, 3.63) is 29.8 Å². The average molecular weight is 328 g/mol. The lowest BCUT2D eigenvalue weighted by molar-refractivity contribution is -0.140. The molecule has 1 aliphatic rings. The van der Waals surface area contributed by atoms with E-state index in [9.17, 15) is 18.4 Å². The highest BCUT2D eigenvalue weighted by atomic mass is 32.2. The molecule has 0 bridgehead atoms. The van der Waals surface area contributed by atoms with Crippen LogP contribution in [-0.4, -0.2) is 35.1 Å². The Bertz CT molecular complexity index is 568. The van der Waals surface area contributed by atoms with Crippen LogP contribution in [-0.2, 0) is 9.59 Å². The number of amides is 2. The molecule has 120 valence electrons. The van der Waals surface area contributed by atoms with E-state index < -0.39 is 23.6 Å². The molecule has 1 heterocycles. The average Bonchev–Trinajstić information content (AvgIpc) is 2.50. The van der Waals surface area contributed by atoms with Crippen LogP contribution in [0.5, 0.6) is 0 Å². The van der Waals surface area contributed by atoms with Crippen LogP contribution in [0.25, 0.3) is 0 Å². The second kappa shape index (κ2) is 7.58. The second-order valence-corrected chi connectivity index (χ2v) is 6.31. The zero-order valence-electron chi connectivity index (χ0n) is 12.1. The highest BCUT2D eigenvalue weighted by Gasteiger charge is 2.30. The minimum Gasteiger partial charge on any atom is -0.368 e. The van der Waals surface area contributed by atoms with Gasteiger partial charge in [-0.05, 0) is 37.5 Å². The summed E-state index contributed by atoms with van der Waals surface area (Å²) in [5.41, 5.74) is 5.32. The van der Waals surface area contributed by atoms with Crippen molar-refractivity contribution in [2.75, 3.05) is 12.3 Å². The highest BCUT2D eigenvalue weighted by molar-refractivity contribution is 7.99. The lowest BCUT2D eigenvalue weighted by atomic mass is 10.0. The number of carbonyl (C=O) groups excluding carboxylic acids is 2. The maximum atomic E-state index is 13.5. The Kier molecular flexibility index (Phi) is 5.76. The molecular weight excluding hydrogens is 310 g/mol. The van der Waals surface area contributed by atoms with Crippen molar-refractivity contribution in [2.24, 2.45) is 5.73 Å². The predicted octanol–water partition coefficient (Wildman–Crippen LogP) is 2.31. The molecule has 2 N–H and O–H groups in total. The van der Waals surface area contributed by atoms with Crippen molar-refractivity contribution in [3.63, 3.8) is 0 Å². The summed E-state index contributed by atoms with van der Waals surface area (Å²) in [6, 6.07) is 2.68. The summed E-state index contributed by atoms with van der Waals surface area (Å²) in [5, 5.41) is 0. The number of primary amides is 1. The number of piperidine rings is 1. The molecular formula is C15H18F2N2O2S. The lowest BCUT2D eigenvalue weighted by Crippen LogP contribution is -2.50. The van der Waals surface area contributed by atoms with Gasteiger partial charge in [0.25, 0.3) is 0 Å². The molecule has 1 aromatic rings. The minimum atomic E-state index is -0.544. The zero-order chi connectivity index (χ0) is 16.1. The van der Waals surface area contributed by atoms with Crippen LogP contribution < -0.4 is 5.73 Å². The second-order valence-electron chi connectivity index (χ2n) is 5.17. The Morgan fingerprint density at radius 1 is 1.32 bits per heavy atom. The lowest BCUT2D eigenvalue weighted by Gasteiger charge is -2.33. The summed E-state index contributed by atoms with van der Waals surface area (Å²) in [4.78, 5) is 25.3. The van der Waals surface area contributed by atoms with Gasteiger partial charge in [-0.1, -0.05) is 0 Å². The van der Waals surface area contributed by atoms with Crippen molar-refractivity contribution in [3.8, 4) is 0 Å². The molecule has 0 saturated carbocycles. The van der Waals surface area contributed by atoms with Crippen molar-refractivity contribution < 1.29 is 18.4 Å². The van der Waals surface area contributed by atoms with E-state index in [1.807, 2.05) is 0 Å². The van der Waals surface area contributed by atoms with Crippen LogP contribution in [0.15, 0.2) is 23.1 Å². The van der Waals surface area contributed by atoms with Crippen LogP contribution in [0.3, 0.4) is 0 Å². The normalized spacial score (nSPS) is 18.3. The van der Waals surface area contributed by atoms with Gasteiger partial charge in [-0.25, -0.2) is 8.78 Å². The highest BCUT2D eigenvalue weighted by Crippen LogP contribution is 2.24. The topological polar surface area (TPSA) is 63.4 Å². The first-order valence-corrected chi connectivity index (χ1v) is 8.14. The van der Waals surface area contributed by atoms with E-state index in [1.165, 1.54) is 4.90 Å². The number of thioether (sulfide) groups is 1. The number of hydrogen-bond donors (Lipinski definition) is 1. The van der Waals surface area contributed by atoms with Gasteiger partial charge in [-0.3, -0.25) is 9.59 Å². The van der Waals surface area contributed by atoms with Crippen LogP contribution >= 0.6 is 11.8 Å². The Labute approximate surface area is 132 Å². The predicted molar refractivity (Wildman–Crippen MR) is 80.2 cm³/mol. The molecule has 1 aromatic carbocycles. The summed E-state index contributed by atoms with van der Waals surface area (Å²) in [7, 11) is 0. The molecule has 0 aliphatic carbocycles. The first-order valence-electron chi connectivity index (χ1n) is 7.15. The molecule has 1 saturated heterocycles. The van der Waals surface area contributed by atoms with E-state index in [-0.39, 0.29) is 17.2 Å². The Morgan fingerprint density at radius 3 is 2.82 bits per heavy atom. The Morgan fingerprint density at radius 2 is 2.09 bits per heavy atom. The maximum absolute atomic E-state index is 13.5. The molecule has 0 aromatic heterocycles. The summed E-state index contributed by atoms with van der Waals surface area (Å²) in [5.74, 6) is -1.36. The van der Waals surface area contributed by atoms with Crippen LogP contribution in [0, 0.1) is 11.6 Å². The summed E-state index contributed by atoms with van der Waals surface area (Å²) in [6.45, 7) is 0.519. The molecule has 1 fully saturated rings. The van der Waals surface area contributed by atoms with Gasteiger partial charge in [0, 0.05) is 23.6 Å². The van der Waals surface area contributed by atoms with Gasteiger partial charge in [0.1, 0.15) is 17.7 Å². The van der Waals surface area contributed by atoms with E-state index in [0.717, 1.165) is 42.8 Å². The molecule has 0 radical (unpaired) electrons. The van der Waals surface area contributed by atoms with Crippen molar-refractivity contribution in [1.29, 1.82) is 0 Å². The third-order valence-electron chi connectivity index (χ3n) is 3.62. The van der Waals surface area contributed by atoms with Gasteiger partial charge < -0.3 is 10.6 Å². The van der Waals surface area contributed by atoms with Gasteiger partial charge in [0.05, 0.1) is 0 Å². The minimum absolute atomic E-state index is 0.157. The number of nitrogens with two attached hydrogens (primary N) is 1. The fourth-order valence-corrected chi connectivity index (χ4v) is 3.40. The van der Waals surface area contributed by atoms with Gasteiger partial charge in [0.15, 0.2) is 0 Å². The van der Waals surface area contributed by atoms with E-state index >= 15 is 0 Å². The molecule has 1 aliphatic heterocycles. The number of benzene rings is 1. The zero-order valence-corrected chi connectivity index (χ0v) is 12.9. The fourth-order valence-electron chi connectivity index (χ4n) is 2.51. The summed E-state index contributed by atoms with van der Waals surface area (Å²) < 4.78 is 26.5. The van der Waals surface area contributed by atoms with Crippen molar-refractivity contribution in [2.45, 2.75) is 36.6 Å². The first kappa shape index (κ1) is 16.7. The van der Waals surface area contributed by atoms with Gasteiger partial charge in [0.2, 0.25) is 11.8 Å². The quantitative estimate of drug-likeness (QED) is 0.844. The maximum Gasteiger partial charge on any atom is 0.240 e. The molecule has 2 rings (SSSR count). The number of carbonyl (C=O) groups is 2. The molecule has 2 amide bonds. The molecule has 0 unspecified atom stereocenters. The molecule has 0 spiro atoms. The van der Waals surface area contributed by atoms with Crippen molar-refractivity contribution >= 4 is 23.6 Å². The van der Waals surface area contributed by atoms with Gasteiger partial charge in [-0.15, -0.1) is 11.8 Å². The van der Waals surface area contributed by atoms with Crippen LogP contribution in [0.2, 0.25) is 0 Å². The number of likely N-dealkylation sites (tertiary alicyclic amines) is 1. The van der Waals surface area contributed by atoms with Crippen molar-refractivity contribution in [1.82, 2.24) is 4.90 Å². The Hall–Kier alpha value is -1.63. The van der Waals surface area contributed by atoms with E-state index in [4.69, 9.17) is 5.73 Å². The fraction of sp³-hybridized carbons (Fsp3) is 0.467. The number of rotatable bonds is 5. The molecule has 1 atom stereocenters. The molecule has 22 heavy (non-hydrogen) atoms. The number of halogens is 2. The Balaban J connectivity index is 1.89.